The van der Waals surface area contributed by atoms with Crippen LogP contribution in [0.4, 0.5) is 14.5 Å². The van der Waals surface area contributed by atoms with E-state index in [-0.39, 0.29) is 5.75 Å². The third-order valence-electron chi connectivity index (χ3n) is 4.26. The van der Waals surface area contributed by atoms with Gasteiger partial charge in [-0.05, 0) is 24.3 Å². The average molecular weight is 354 g/mol. The number of benzene rings is 2. The lowest BCUT2D eigenvalue weighted by molar-refractivity contribution is -0.0504. The molecule has 2 aromatic carbocycles. The van der Waals surface area contributed by atoms with Gasteiger partial charge in [0.1, 0.15) is 5.75 Å². The number of nitrogens with two attached hydrogens (primary N) is 1. The van der Waals surface area contributed by atoms with Crippen LogP contribution in [0, 0.1) is 0 Å². The van der Waals surface area contributed by atoms with E-state index >= 15 is 0 Å². The van der Waals surface area contributed by atoms with E-state index in [1.54, 1.807) is 30.5 Å². The fourth-order valence-electron chi connectivity index (χ4n) is 3.05. The number of anilines is 1. The molecule has 3 N–H and O–H groups in total. The zero-order chi connectivity index (χ0) is 18.1. The molecule has 0 amide bonds. The molecule has 132 valence electrons. The first-order chi connectivity index (χ1) is 12.6. The molecule has 0 saturated heterocycles. The van der Waals surface area contributed by atoms with Gasteiger partial charge in [0.15, 0.2) is 0 Å². The molecule has 2 aromatic heterocycles. The van der Waals surface area contributed by atoms with E-state index in [2.05, 4.69) is 14.9 Å². The predicted octanol–water partition coefficient (Wildman–Crippen LogP) is 4.26. The van der Waals surface area contributed by atoms with Crippen molar-refractivity contribution >= 4 is 16.6 Å². The van der Waals surface area contributed by atoms with E-state index in [0.29, 0.717) is 17.8 Å². The number of halogens is 2. The summed E-state index contributed by atoms with van der Waals surface area (Å²) in [7, 11) is 0. The second-order valence-electron chi connectivity index (χ2n) is 5.90. The predicted molar refractivity (Wildman–Crippen MR) is 96.1 cm³/mol. The lowest BCUT2D eigenvalue weighted by Crippen LogP contribution is -2.06. The monoisotopic (exact) mass is 354 g/mol. The number of rotatable bonds is 5. The van der Waals surface area contributed by atoms with Gasteiger partial charge in [-0.25, -0.2) is 0 Å². The van der Waals surface area contributed by atoms with Crippen LogP contribution in [0.25, 0.3) is 22.2 Å². The number of hydrogen-bond donors (Lipinski definition) is 2. The maximum atomic E-state index is 12.6. The van der Waals surface area contributed by atoms with Crippen LogP contribution < -0.4 is 10.5 Å². The van der Waals surface area contributed by atoms with Crippen molar-refractivity contribution in [3.63, 3.8) is 0 Å². The zero-order valence-corrected chi connectivity index (χ0v) is 13.7. The van der Waals surface area contributed by atoms with Gasteiger partial charge in [-0.3, -0.25) is 5.10 Å². The first-order valence-corrected chi connectivity index (χ1v) is 8.02. The minimum Gasteiger partial charge on any atom is -0.434 e. The Morgan fingerprint density at radius 1 is 1.15 bits per heavy atom. The average Bonchev–Trinajstić information content (AvgIpc) is 3.22. The highest BCUT2D eigenvalue weighted by Gasteiger charge is 2.12. The summed E-state index contributed by atoms with van der Waals surface area (Å²) < 4.78 is 31.8. The molecular formula is C19H16F2N4O. The number of aromatic nitrogens is 3. The van der Waals surface area contributed by atoms with Gasteiger partial charge in [0.25, 0.3) is 0 Å². The Morgan fingerprint density at radius 2 is 2.00 bits per heavy atom. The zero-order valence-electron chi connectivity index (χ0n) is 13.7. The van der Waals surface area contributed by atoms with E-state index in [9.17, 15) is 8.78 Å². The molecule has 0 aliphatic carbocycles. The molecule has 0 fully saturated rings. The fourth-order valence-corrected chi connectivity index (χ4v) is 3.05. The molecule has 26 heavy (non-hydrogen) atoms. The minimum atomic E-state index is -2.85. The minimum absolute atomic E-state index is 0.186. The Kier molecular flexibility index (Phi) is 4.04. The van der Waals surface area contributed by atoms with Crippen LogP contribution in [0.2, 0.25) is 0 Å². The Labute approximate surface area is 148 Å². The summed E-state index contributed by atoms with van der Waals surface area (Å²) in [4.78, 5) is 0. The molecular weight excluding hydrogens is 338 g/mol. The quantitative estimate of drug-likeness (QED) is 0.562. The summed E-state index contributed by atoms with van der Waals surface area (Å²) >= 11 is 0. The third kappa shape index (κ3) is 2.99. The van der Waals surface area contributed by atoms with Crippen molar-refractivity contribution in [2.45, 2.75) is 13.2 Å². The second-order valence-corrected chi connectivity index (χ2v) is 5.90. The number of H-pyrrole nitrogens is 1. The van der Waals surface area contributed by atoms with Crippen LogP contribution in [0.3, 0.4) is 0 Å². The van der Waals surface area contributed by atoms with E-state index in [1.165, 1.54) is 0 Å². The highest BCUT2D eigenvalue weighted by atomic mass is 19.3. The molecule has 0 unspecified atom stereocenters. The molecule has 0 aliphatic rings. The second kappa shape index (κ2) is 6.51. The number of fused-ring (bicyclic) bond motifs is 1. The number of hydrogen-bond acceptors (Lipinski definition) is 3. The van der Waals surface area contributed by atoms with Crippen LogP contribution in [0.5, 0.6) is 5.75 Å². The van der Waals surface area contributed by atoms with E-state index in [0.717, 1.165) is 22.2 Å². The van der Waals surface area contributed by atoms with Crippen molar-refractivity contribution in [3.05, 3.63) is 66.5 Å². The normalized spacial score (nSPS) is 11.3. The molecule has 7 heteroatoms. The molecule has 0 radical (unpaired) electrons. The molecule has 0 bridgehead atoms. The van der Waals surface area contributed by atoms with Gasteiger partial charge < -0.3 is 15.0 Å². The van der Waals surface area contributed by atoms with Crippen LogP contribution in [-0.2, 0) is 6.54 Å². The van der Waals surface area contributed by atoms with Gasteiger partial charge in [0.05, 0.1) is 24.1 Å². The number of alkyl halides is 2. The van der Waals surface area contributed by atoms with E-state index in [1.807, 2.05) is 35.0 Å². The first kappa shape index (κ1) is 16.1. The molecule has 4 rings (SSSR count). The Balaban J connectivity index is 1.68. The van der Waals surface area contributed by atoms with E-state index < -0.39 is 6.61 Å². The topological polar surface area (TPSA) is 68.9 Å². The summed E-state index contributed by atoms with van der Waals surface area (Å²) in [5, 5.41) is 7.85. The molecule has 5 nitrogen and oxygen atoms in total. The summed E-state index contributed by atoms with van der Waals surface area (Å²) in [6.07, 6.45) is 3.49. The fraction of sp³-hybridized carbons (Fsp3) is 0.105. The standard InChI is InChI=1S/C19H16F2N4O/c20-19(21)26-17-4-2-1-3-14(17)11-25-8-7-12-9-13(5-6-16(12)25)18-15(22)10-23-24-18/h1-10,19H,11,22H2,(H,23,24). The summed E-state index contributed by atoms with van der Waals surface area (Å²) in [5.41, 5.74) is 9.87. The summed E-state index contributed by atoms with van der Waals surface area (Å²) in [6, 6.07) is 14.7. The van der Waals surface area contributed by atoms with Gasteiger partial charge in [-0.2, -0.15) is 13.9 Å². The highest BCUT2D eigenvalue weighted by molar-refractivity contribution is 5.87. The number of nitrogens with one attached hydrogen (secondary N) is 1. The van der Waals surface area contributed by atoms with Crippen molar-refractivity contribution in [3.8, 4) is 17.0 Å². The summed E-state index contributed by atoms with van der Waals surface area (Å²) in [5.74, 6) is 0.186. The van der Waals surface area contributed by atoms with Crippen LogP contribution in [0.15, 0.2) is 60.9 Å². The Bertz CT molecular complexity index is 1050. The lowest BCUT2D eigenvalue weighted by atomic mass is 10.1. The van der Waals surface area contributed by atoms with Gasteiger partial charge in [0.2, 0.25) is 0 Å². The number of aromatic amines is 1. The smallest absolute Gasteiger partial charge is 0.387 e. The van der Waals surface area contributed by atoms with Crippen molar-refractivity contribution in [1.82, 2.24) is 14.8 Å². The summed E-state index contributed by atoms with van der Waals surface area (Å²) in [6.45, 7) is -2.42. The van der Waals surface area contributed by atoms with Crippen molar-refractivity contribution in [2.75, 3.05) is 5.73 Å². The van der Waals surface area contributed by atoms with Crippen LogP contribution in [-0.4, -0.2) is 21.4 Å². The number of nitrogen functional groups attached to an aromatic ring is 1. The molecule has 0 saturated carbocycles. The van der Waals surface area contributed by atoms with Gasteiger partial charge >= 0.3 is 6.61 Å². The first-order valence-electron chi connectivity index (χ1n) is 8.02. The Hall–Kier alpha value is -3.35. The lowest BCUT2D eigenvalue weighted by Gasteiger charge is -2.12. The largest absolute Gasteiger partial charge is 0.434 e. The molecule has 0 spiro atoms. The SMILES string of the molecule is Nc1cn[nH]c1-c1ccc2c(ccn2Cc2ccccc2OC(F)F)c1. The van der Waals surface area contributed by atoms with Crippen LogP contribution >= 0.6 is 0 Å². The maximum Gasteiger partial charge on any atom is 0.387 e. The van der Waals surface area contributed by atoms with Crippen LogP contribution in [0.1, 0.15) is 5.56 Å². The molecule has 0 aliphatic heterocycles. The number of para-hydroxylation sites is 1. The van der Waals surface area contributed by atoms with Crippen molar-refractivity contribution < 1.29 is 13.5 Å². The van der Waals surface area contributed by atoms with Crippen molar-refractivity contribution in [1.29, 1.82) is 0 Å². The molecule has 2 heterocycles. The maximum absolute atomic E-state index is 12.6. The third-order valence-corrected chi connectivity index (χ3v) is 4.26. The van der Waals surface area contributed by atoms with Gasteiger partial charge in [-0.15, -0.1) is 0 Å². The van der Waals surface area contributed by atoms with Gasteiger partial charge in [0, 0.05) is 28.2 Å². The molecule has 0 atom stereocenters. The number of ether oxygens (including phenoxy) is 1. The Morgan fingerprint density at radius 3 is 2.77 bits per heavy atom. The number of nitrogens with zero attached hydrogens (tertiary/aromatic N) is 2. The highest BCUT2D eigenvalue weighted by Crippen LogP contribution is 2.28. The van der Waals surface area contributed by atoms with Gasteiger partial charge in [-0.1, -0.05) is 24.3 Å². The van der Waals surface area contributed by atoms with Crippen molar-refractivity contribution in [2.24, 2.45) is 0 Å². The van der Waals surface area contributed by atoms with E-state index in [4.69, 9.17) is 5.73 Å². The molecule has 4 aromatic rings.